The van der Waals surface area contributed by atoms with E-state index in [2.05, 4.69) is 29.4 Å². The molecule has 0 heterocycles. The minimum Gasteiger partial charge on any atom is -0.497 e. The summed E-state index contributed by atoms with van der Waals surface area (Å²) in [7, 11) is 1.67. The van der Waals surface area contributed by atoms with E-state index in [1.54, 1.807) is 7.11 Å². The van der Waals surface area contributed by atoms with Crippen LogP contribution in [0.4, 0.5) is 0 Å². The Morgan fingerprint density at radius 2 is 1.73 bits per heavy atom. The molecular weight excluding hydrogens is 274 g/mol. The number of nitrogens with zero attached hydrogens (tertiary/aromatic N) is 1. The zero-order valence-electron chi connectivity index (χ0n) is 12.6. The van der Waals surface area contributed by atoms with Crippen molar-refractivity contribution in [2.24, 2.45) is 5.16 Å². The van der Waals surface area contributed by atoms with E-state index in [1.165, 1.54) is 16.7 Å². The molecule has 0 saturated heterocycles. The summed E-state index contributed by atoms with van der Waals surface area (Å²) in [5.74, 6) is 1.17. The van der Waals surface area contributed by atoms with Crippen molar-refractivity contribution in [2.75, 3.05) is 7.11 Å². The molecule has 2 aromatic carbocycles. The smallest absolute Gasteiger partial charge is 0.118 e. The molecule has 3 nitrogen and oxygen atoms in total. The number of rotatable bonds is 3. The van der Waals surface area contributed by atoms with Crippen molar-refractivity contribution in [3.05, 3.63) is 71.8 Å². The molecule has 1 atom stereocenters. The van der Waals surface area contributed by atoms with Gasteiger partial charge in [0.2, 0.25) is 0 Å². The van der Waals surface area contributed by atoms with Gasteiger partial charge >= 0.3 is 0 Å². The van der Waals surface area contributed by atoms with Crippen LogP contribution in [0.15, 0.2) is 65.8 Å². The fourth-order valence-corrected chi connectivity index (χ4v) is 2.94. The molecule has 0 saturated carbocycles. The summed E-state index contributed by atoms with van der Waals surface area (Å²) in [5, 5.41) is 12.7. The van der Waals surface area contributed by atoms with Crippen molar-refractivity contribution >= 4 is 11.3 Å². The first-order chi connectivity index (χ1) is 10.8. The zero-order chi connectivity index (χ0) is 15.4. The molecule has 0 radical (unpaired) electrons. The fourth-order valence-electron chi connectivity index (χ4n) is 2.94. The van der Waals surface area contributed by atoms with Gasteiger partial charge in [0.25, 0.3) is 0 Å². The van der Waals surface area contributed by atoms with E-state index in [0.29, 0.717) is 5.92 Å². The van der Waals surface area contributed by atoms with Gasteiger partial charge in [-0.05, 0) is 47.2 Å². The third kappa shape index (κ3) is 3.03. The summed E-state index contributed by atoms with van der Waals surface area (Å²) in [4.78, 5) is 0. The molecular formula is C19H19NO2. The van der Waals surface area contributed by atoms with Gasteiger partial charge in [0.05, 0.1) is 12.8 Å². The average Bonchev–Trinajstić information content (AvgIpc) is 2.62. The lowest BCUT2D eigenvalue weighted by atomic mass is 9.81. The number of methoxy groups -OCH3 is 1. The number of allylic oxidation sites excluding steroid dienone is 2. The number of benzene rings is 2. The van der Waals surface area contributed by atoms with Crippen LogP contribution in [0.3, 0.4) is 0 Å². The molecule has 0 spiro atoms. The van der Waals surface area contributed by atoms with Crippen LogP contribution in [0, 0.1) is 0 Å². The second kappa shape index (κ2) is 6.48. The van der Waals surface area contributed by atoms with Crippen molar-refractivity contribution in [1.29, 1.82) is 0 Å². The molecule has 3 heteroatoms. The molecule has 0 bridgehead atoms. The molecule has 112 valence electrons. The second-order valence-electron chi connectivity index (χ2n) is 5.51. The van der Waals surface area contributed by atoms with Gasteiger partial charge in [-0.3, -0.25) is 0 Å². The highest BCUT2D eigenvalue weighted by molar-refractivity contribution is 6.02. The predicted molar refractivity (Wildman–Crippen MR) is 88.6 cm³/mol. The van der Waals surface area contributed by atoms with E-state index in [0.717, 1.165) is 24.3 Å². The first kappa shape index (κ1) is 14.4. The summed E-state index contributed by atoms with van der Waals surface area (Å²) in [5.41, 5.74) is 4.36. The fraction of sp³-hybridized carbons (Fsp3) is 0.211. The maximum atomic E-state index is 9.23. The van der Waals surface area contributed by atoms with Gasteiger partial charge in [-0.15, -0.1) is 0 Å². The number of ether oxygens (including phenoxy) is 1. The molecule has 0 fully saturated rings. The van der Waals surface area contributed by atoms with E-state index in [9.17, 15) is 5.21 Å². The monoisotopic (exact) mass is 293 g/mol. The summed E-state index contributed by atoms with van der Waals surface area (Å²) in [6.07, 6.45) is 3.68. The van der Waals surface area contributed by atoms with Gasteiger partial charge in [0.15, 0.2) is 0 Å². The van der Waals surface area contributed by atoms with Gasteiger partial charge < -0.3 is 9.94 Å². The zero-order valence-corrected chi connectivity index (χ0v) is 12.6. The Bertz CT molecular complexity index is 687. The Labute approximate surface area is 130 Å². The number of hydrogen-bond donors (Lipinski definition) is 1. The summed E-state index contributed by atoms with van der Waals surface area (Å²) in [6.45, 7) is 0. The highest BCUT2D eigenvalue weighted by Crippen LogP contribution is 2.36. The highest BCUT2D eigenvalue weighted by atomic mass is 16.5. The van der Waals surface area contributed by atoms with E-state index >= 15 is 0 Å². The Kier molecular flexibility index (Phi) is 4.24. The van der Waals surface area contributed by atoms with E-state index in [1.807, 2.05) is 36.4 Å². The Balaban J connectivity index is 1.90. The maximum absolute atomic E-state index is 9.23. The van der Waals surface area contributed by atoms with Crippen LogP contribution < -0.4 is 4.74 Å². The minimum absolute atomic E-state index is 0.317. The van der Waals surface area contributed by atoms with Crippen LogP contribution in [-0.4, -0.2) is 18.0 Å². The summed E-state index contributed by atoms with van der Waals surface area (Å²) < 4.78 is 5.21. The van der Waals surface area contributed by atoms with Gasteiger partial charge in [0, 0.05) is 6.42 Å². The molecule has 3 rings (SSSR count). The van der Waals surface area contributed by atoms with Crippen molar-refractivity contribution in [2.45, 2.75) is 18.8 Å². The topological polar surface area (TPSA) is 41.8 Å². The number of hydrogen-bond acceptors (Lipinski definition) is 3. The van der Waals surface area contributed by atoms with Gasteiger partial charge in [-0.1, -0.05) is 47.6 Å². The van der Waals surface area contributed by atoms with E-state index in [4.69, 9.17) is 4.74 Å². The van der Waals surface area contributed by atoms with Crippen molar-refractivity contribution < 1.29 is 9.94 Å². The predicted octanol–water partition coefficient (Wildman–Crippen LogP) is 4.49. The maximum Gasteiger partial charge on any atom is 0.118 e. The third-order valence-electron chi connectivity index (χ3n) is 4.12. The molecule has 1 aliphatic rings. The molecule has 0 aromatic heterocycles. The van der Waals surface area contributed by atoms with Crippen LogP contribution in [0.25, 0.3) is 5.57 Å². The van der Waals surface area contributed by atoms with Crippen LogP contribution in [0.1, 0.15) is 29.9 Å². The van der Waals surface area contributed by atoms with Gasteiger partial charge in [-0.2, -0.15) is 0 Å². The first-order valence-corrected chi connectivity index (χ1v) is 7.41. The van der Waals surface area contributed by atoms with Crippen molar-refractivity contribution in [1.82, 2.24) is 0 Å². The van der Waals surface area contributed by atoms with E-state index in [-0.39, 0.29) is 0 Å². The molecule has 0 aliphatic heterocycles. The first-order valence-electron chi connectivity index (χ1n) is 7.41. The molecule has 1 N–H and O–H groups in total. The molecule has 1 aliphatic carbocycles. The largest absolute Gasteiger partial charge is 0.497 e. The second-order valence-corrected chi connectivity index (χ2v) is 5.51. The van der Waals surface area contributed by atoms with Crippen molar-refractivity contribution in [3.8, 4) is 5.75 Å². The normalized spacial score (nSPS) is 19.8. The van der Waals surface area contributed by atoms with Crippen LogP contribution in [-0.2, 0) is 0 Å². The lowest BCUT2D eigenvalue weighted by molar-refractivity contribution is 0.317. The third-order valence-corrected chi connectivity index (χ3v) is 4.12. The summed E-state index contributed by atoms with van der Waals surface area (Å²) in [6, 6.07) is 18.4. The van der Waals surface area contributed by atoms with Crippen molar-refractivity contribution in [3.63, 3.8) is 0 Å². The highest BCUT2D eigenvalue weighted by Gasteiger charge is 2.22. The lowest BCUT2D eigenvalue weighted by Crippen LogP contribution is -2.12. The summed E-state index contributed by atoms with van der Waals surface area (Å²) >= 11 is 0. The molecule has 2 aromatic rings. The minimum atomic E-state index is 0.317. The molecule has 0 amide bonds. The van der Waals surface area contributed by atoms with E-state index < -0.39 is 0 Å². The molecule has 22 heavy (non-hydrogen) atoms. The standard InChI is InChI=1S/C19H19NO2/c1-22-19-9-7-15(8-10-19)17-11-16(12-18(13-17)20-21)14-5-3-2-4-6-14/h2-10,12,17,21H,11,13H2,1H3/b20-18-. The quantitative estimate of drug-likeness (QED) is 0.669. The van der Waals surface area contributed by atoms with Crippen LogP contribution in [0.5, 0.6) is 5.75 Å². The Morgan fingerprint density at radius 3 is 2.36 bits per heavy atom. The SMILES string of the molecule is COc1ccc(C2CC(c3ccccc3)=C/C(=N/O)C2)cc1. The lowest BCUT2D eigenvalue weighted by Gasteiger charge is -2.24. The average molecular weight is 293 g/mol. The van der Waals surface area contributed by atoms with Gasteiger partial charge in [0.1, 0.15) is 5.75 Å². The number of oxime groups is 1. The Morgan fingerprint density at radius 1 is 1.00 bits per heavy atom. The Hall–Kier alpha value is -2.55. The van der Waals surface area contributed by atoms with Gasteiger partial charge in [-0.25, -0.2) is 0 Å². The van der Waals surface area contributed by atoms with Crippen LogP contribution in [0.2, 0.25) is 0 Å². The molecule has 1 unspecified atom stereocenters. The van der Waals surface area contributed by atoms with Crippen LogP contribution >= 0.6 is 0 Å².